The predicted molar refractivity (Wildman–Crippen MR) is 68.5 cm³/mol. The van der Waals surface area contributed by atoms with E-state index in [-0.39, 0.29) is 11.7 Å². The van der Waals surface area contributed by atoms with Gasteiger partial charge in [0.1, 0.15) is 5.75 Å². The molecule has 1 amide bonds. The van der Waals surface area contributed by atoms with E-state index in [1.165, 1.54) is 6.42 Å². The van der Waals surface area contributed by atoms with E-state index in [9.17, 15) is 9.90 Å². The number of likely N-dealkylation sites (tertiary alicyclic amines) is 1. The largest absolute Gasteiger partial charge is 0.507 e. The standard InChI is InChI=1S/C14H18N2O2/c17-13-6-2-1-5-11(13)14(18)16-7-3-4-10-8-15-9-12(10)16/h1-2,5-6,10,12,15,17H,3-4,7-9H2. The van der Waals surface area contributed by atoms with Crippen molar-refractivity contribution >= 4 is 5.91 Å². The Morgan fingerprint density at radius 3 is 3.00 bits per heavy atom. The summed E-state index contributed by atoms with van der Waals surface area (Å²) in [6.45, 7) is 2.69. The molecule has 18 heavy (non-hydrogen) atoms. The van der Waals surface area contributed by atoms with Gasteiger partial charge in [-0.05, 0) is 30.9 Å². The van der Waals surface area contributed by atoms with Gasteiger partial charge in [0.05, 0.1) is 5.56 Å². The maximum absolute atomic E-state index is 12.5. The van der Waals surface area contributed by atoms with Crippen LogP contribution < -0.4 is 5.32 Å². The number of carbonyl (C=O) groups excluding carboxylic acids is 1. The van der Waals surface area contributed by atoms with Crippen LogP contribution in [0.3, 0.4) is 0 Å². The summed E-state index contributed by atoms with van der Waals surface area (Å²) >= 11 is 0. The Labute approximate surface area is 107 Å². The number of aromatic hydroxyl groups is 1. The molecule has 2 aliphatic heterocycles. The SMILES string of the molecule is O=C(c1ccccc1O)N1CCCC2CNCC21. The molecule has 3 rings (SSSR count). The van der Waals surface area contributed by atoms with Crippen LogP contribution in [0.1, 0.15) is 23.2 Å². The molecule has 2 unspecified atom stereocenters. The minimum atomic E-state index is -0.0356. The second kappa shape index (κ2) is 4.61. The molecule has 4 heteroatoms. The van der Waals surface area contributed by atoms with Crippen LogP contribution >= 0.6 is 0 Å². The zero-order chi connectivity index (χ0) is 12.5. The maximum atomic E-state index is 12.5. The third-order valence-corrected chi connectivity index (χ3v) is 4.07. The Morgan fingerprint density at radius 1 is 1.33 bits per heavy atom. The molecule has 96 valence electrons. The van der Waals surface area contributed by atoms with Gasteiger partial charge in [0.2, 0.25) is 0 Å². The molecular weight excluding hydrogens is 228 g/mol. The maximum Gasteiger partial charge on any atom is 0.257 e. The summed E-state index contributed by atoms with van der Waals surface area (Å²) in [5.74, 6) is 0.621. The Bertz CT molecular complexity index is 461. The van der Waals surface area contributed by atoms with E-state index < -0.39 is 0 Å². The van der Waals surface area contributed by atoms with E-state index in [0.717, 1.165) is 26.1 Å². The van der Waals surface area contributed by atoms with Crippen LogP contribution in [0.25, 0.3) is 0 Å². The number of rotatable bonds is 1. The van der Waals surface area contributed by atoms with E-state index in [1.54, 1.807) is 24.3 Å². The Balaban J connectivity index is 1.86. The molecular formula is C14H18N2O2. The van der Waals surface area contributed by atoms with Crippen molar-refractivity contribution in [3.63, 3.8) is 0 Å². The van der Waals surface area contributed by atoms with Gasteiger partial charge in [-0.2, -0.15) is 0 Å². The van der Waals surface area contributed by atoms with Gasteiger partial charge in [0.15, 0.2) is 0 Å². The first kappa shape index (κ1) is 11.5. The van der Waals surface area contributed by atoms with Crippen molar-refractivity contribution in [2.24, 2.45) is 5.92 Å². The first-order valence-corrected chi connectivity index (χ1v) is 6.57. The Kier molecular flexibility index (Phi) is 2.96. The zero-order valence-corrected chi connectivity index (χ0v) is 10.3. The fourth-order valence-electron chi connectivity index (χ4n) is 3.13. The lowest BCUT2D eigenvalue weighted by Gasteiger charge is -2.37. The lowest BCUT2D eigenvalue weighted by molar-refractivity contribution is 0.0572. The van der Waals surface area contributed by atoms with Crippen molar-refractivity contribution in [1.29, 1.82) is 0 Å². The number of para-hydroxylation sites is 1. The summed E-state index contributed by atoms with van der Waals surface area (Å²) in [6, 6.07) is 7.10. The number of nitrogens with zero attached hydrogens (tertiary/aromatic N) is 1. The van der Waals surface area contributed by atoms with Crippen molar-refractivity contribution in [3.8, 4) is 5.75 Å². The molecule has 2 saturated heterocycles. The molecule has 0 bridgehead atoms. The average Bonchev–Trinajstić information content (AvgIpc) is 2.86. The van der Waals surface area contributed by atoms with Gasteiger partial charge in [0, 0.05) is 25.7 Å². The van der Waals surface area contributed by atoms with Gasteiger partial charge in [-0.3, -0.25) is 4.79 Å². The molecule has 4 nitrogen and oxygen atoms in total. The van der Waals surface area contributed by atoms with Crippen LogP contribution in [0, 0.1) is 5.92 Å². The average molecular weight is 246 g/mol. The number of fused-ring (bicyclic) bond motifs is 1. The fraction of sp³-hybridized carbons (Fsp3) is 0.500. The smallest absolute Gasteiger partial charge is 0.257 e. The first-order chi connectivity index (χ1) is 8.77. The molecule has 0 aliphatic carbocycles. The molecule has 1 aromatic carbocycles. The van der Waals surface area contributed by atoms with Crippen LogP contribution in [-0.2, 0) is 0 Å². The monoisotopic (exact) mass is 246 g/mol. The fourth-order valence-corrected chi connectivity index (χ4v) is 3.13. The summed E-state index contributed by atoms with van der Waals surface area (Å²) < 4.78 is 0. The lowest BCUT2D eigenvalue weighted by Crippen LogP contribution is -2.48. The van der Waals surface area contributed by atoms with Gasteiger partial charge in [0.25, 0.3) is 5.91 Å². The van der Waals surface area contributed by atoms with Crippen LogP contribution in [-0.4, -0.2) is 41.6 Å². The number of hydrogen-bond acceptors (Lipinski definition) is 3. The molecule has 0 radical (unpaired) electrons. The summed E-state index contributed by atoms with van der Waals surface area (Å²) in [4.78, 5) is 14.4. The number of nitrogens with one attached hydrogen (secondary N) is 1. The zero-order valence-electron chi connectivity index (χ0n) is 10.3. The number of benzene rings is 1. The minimum absolute atomic E-state index is 0.0356. The molecule has 1 aromatic rings. The van der Waals surface area contributed by atoms with Gasteiger partial charge in [-0.15, -0.1) is 0 Å². The molecule has 0 saturated carbocycles. The third kappa shape index (κ3) is 1.86. The second-order valence-corrected chi connectivity index (χ2v) is 5.14. The summed E-state index contributed by atoms with van der Waals surface area (Å²) in [7, 11) is 0. The molecule has 2 fully saturated rings. The van der Waals surface area contributed by atoms with Gasteiger partial charge >= 0.3 is 0 Å². The van der Waals surface area contributed by atoms with Crippen LogP contribution in [0.15, 0.2) is 24.3 Å². The van der Waals surface area contributed by atoms with Crippen molar-refractivity contribution in [3.05, 3.63) is 29.8 Å². The van der Waals surface area contributed by atoms with Crippen molar-refractivity contribution < 1.29 is 9.90 Å². The number of hydrogen-bond donors (Lipinski definition) is 2. The van der Waals surface area contributed by atoms with Crippen LogP contribution in [0.4, 0.5) is 0 Å². The number of phenolic OH excluding ortho intramolecular Hbond substituents is 1. The highest BCUT2D eigenvalue weighted by molar-refractivity contribution is 5.97. The van der Waals surface area contributed by atoms with E-state index >= 15 is 0 Å². The number of phenols is 1. The third-order valence-electron chi connectivity index (χ3n) is 4.07. The molecule has 2 atom stereocenters. The predicted octanol–water partition coefficient (Wildman–Crippen LogP) is 1.22. The van der Waals surface area contributed by atoms with E-state index in [2.05, 4.69) is 5.32 Å². The lowest BCUT2D eigenvalue weighted by atomic mass is 9.91. The first-order valence-electron chi connectivity index (χ1n) is 6.57. The summed E-state index contributed by atoms with van der Waals surface area (Å²) in [6.07, 6.45) is 2.25. The second-order valence-electron chi connectivity index (χ2n) is 5.14. The van der Waals surface area contributed by atoms with Crippen molar-refractivity contribution in [2.75, 3.05) is 19.6 Å². The van der Waals surface area contributed by atoms with E-state index in [0.29, 0.717) is 17.5 Å². The number of amides is 1. The molecule has 2 aliphatic rings. The summed E-state index contributed by atoms with van der Waals surface area (Å²) in [5.41, 5.74) is 0.421. The highest BCUT2D eigenvalue weighted by Crippen LogP contribution is 2.29. The Hall–Kier alpha value is -1.55. The van der Waals surface area contributed by atoms with E-state index in [1.807, 2.05) is 4.90 Å². The number of piperidine rings is 1. The molecule has 0 spiro atoms. The van der Waals surface area contributed by atoms with Gasteiger partial charge in [-0.25, -0.2) is 0 Å². The molecule has 0 aromatic heterocycles. The van der Waals surface area contributed by atoms with Crippen LogP contribution in [0.5, 0.6) is 5.75 Å². The topological polar surface area (TPSA) is 52.6 Å². The van der Waals surface area contributed by atoms with Crippen molar-refractivity contribution in [2.45, 2.75) is 18.9 Å². The highest BCUT2D eigenvalue weighted by atomic mass is 16.3. The summed E-state index contributed by atoms with van der Waals surface area (Å²) in [5, 5.41) is 13.1. The minimum Gasteiger partial charge on any atom is -0.507 e. The van der Waals surface area contributed by atoms with Crippen LogP contribution in [0.2, 0.25) is 0 Å². The van der Waals surface area contributed by atoms with Gasteiger partial charge in [-0.1, -0.05) is 12.1 Å². The molecule has 2 heterocycles. The highest BCUT2D eigenvalue weighted by Gasteiger charge is 2.37. The van der Waals surface area contributed by atoms with E-state index in [4.69, 9.17) is 0 Å². The molecule has 2 N–H and O–H groups in total. The Morgan fingerprint density at radius 2 is 2.17 bits per heavy atom. The van der Waals surface area contributed by atoms with Crippen molar-refractivity contribution in [1.82, 2.24) is 10.2 Å². The normalized spacial score (nSPS) is 27.0. The van der Waals surface area contributed by atoms with Gasteiger partial charge < -0.3 is 15.3 Å². The number of carbonyl (C=O) groups is 1. The quantitative estimate of drug-likeness (QED) is 0.783.